The van der Waals surface area contributed by atoms with Gasteiger partial charge in [0.05, 0.1) is 5.56 Å². The lowest BCUT2D eigenvalue weighted by Gasteiger charge is -2.34. The quantitative estimate of drug-likeness (QED) is 0.229. The molecule has 4 rings (SSSR count). The Morgan fingerprint density at radius 1 is 0.795 bits per heavy atom. The Kier molecular flexibility index (Phi) is 10.1. The highest BCUT2D eigenvalue weighted by atomic mass is 19.4. The molecule has 0 N–H and O–H groups in total. The van der Waals surface area contributed by atoms with Crippen LogP contribution < -0.4 is 0 Å². The largest absolute Gasteiger partial charge is 0.458 e. The van der Waals surface area contributed by atoms with Gasteiger partial charge in [-0.15, -0.1) is 0 Å². The Bertz CT molecular complexity index is 1100. The Morgan fingerprint density at radius 3 is 1.85 bits per heavy atom. The Balaban J connectivity index is 1.26. The highest BCUT2D eigenvalue weighted by molar-refractivity contribution is 5.65. The molecule has 5 heteroatoms. The van der Waals surface area contributed by atoms with Crippen LogP contribution in [0.2, 0.25) is 0 Å². The van der Waals surface area contributed by atoms with Gasteiger partial charge in [-0.1, -0.05) is 82.6 Å². The lowest BCUT2D eigenvalue weighted by molar-refractivity contribution is -0.0696. The van der Waals surface area contributed by atoms with E-state index in [1.165, 1.54) is 82.6 Å². The van der Waals surface area contributed by atoms with Gasteiger partial charge in [0.25, 0.3) is 0 Å². The van der Waals surface area contributed by atoms with Gasteiger partial charge in [-0.05, 0) is 96.9 Å². The van der Waals surface area contributed by atoms with Gasteiger partial charge in [-0.3, -0.25) is 0 Å². The van der Waals surface area contributed by atoms with E-state index < -0.39 is 23.4 Å². The van der Waals surface area contributed by atoms with E-state index in [0.29, 0.717) is 11.5 Å². The van der Waals surface area contributed by atoms with E-state index in [9.17, 15) is 22.0 Å². The number of hydrogen-bond acceptors (Lipinski definition) is 0. The smallest absolute Gasteiger partial charge is 0.205 e. The number of benzene rings is 2. The zero-order valence-corrected chi connectivity index (χ0v) is 23.2. The van der Waals surface area contributed by atoms with Crippen molar-refractivity contribution < 1.29 is 22.0 Å². The molecule has 0 saturated heterocycles. The third-order valence-electron chi connectivity index (χ3n) is 9.36. The predicted molar refractivity (Wildman–Crippen MR) is 148 cm³/mol. The molecule has 2 aromatic carbocycles. The molecule has 1 atom stereocenters. The summed E-state index contributed by atoms with van der Waals surface area (Å²) in [4.78, 5) is 0. The molecule has 2 aliphatic carbocycles. The van der Waals surface area contributed by atoms with Gasteiger partial charge in [-0.2, -0.15) is 13.2 Å². The first-order chi connectivity index (χ1) is 18.6. The Hall–Kier alpha value is -2.35. The zero-order valence-electron chi connectivity index (χ0n) is 23.2. The molecule has 1 unspecified atom stereocenters. The maximum absolute atomic E-state index is 14.3. The van der Waals surface area contributed by atoms with Crippen molar-refractivity contribution in [3.8, 4) is 23.0 Å². The first kappa shape index (κ1) is 29.6. The van der Waals surface area contributed by atoms with Crippen LogP contribution in [0.5, 0.6) is 0 Å². The lowest BCUT2D eigenvalue weighted by atomic mass is 9.72. The molecule has 0 aromatic heterocycles. The van der Waals surface area contributed by atoms with Gasteiger partial charge in [0, 0.05) is 5.92 Å². The number of rotatable bonds is 8. The van der Waals surface area contributed by atoms with E-state index >= 15 is 0 Å². The molecule has 0 spiro atoms. The molecule has 0 bridgehead atoms. The van der Waals surface area contributed by atoms with E-state index in [-0.39, 0.29) is 5.56 Å². The van der Waals surface area contributed by atoms with E-state index in [4.69, 9.17) is 0 Å². The summed E-state index contributed by atoms with van der Waals surface area (Å²) in [6, 6.07) is 9.81. The molecule has 0 aliphatic heterocycles. The van der Waals surface area contributed by atoms with Crippen LogP contribution in [0.4, 0.5) is 22.0 Å². The fourth-order valence-corrected chi connectivity index (χ4v) is 6.93. The third-order valence-corrected chi connectivity index (χ3v) is 9.36. The molecule has 39 heavy (non-hydrogen) atoms. The first-order valence-corrected chi connectivity index (χ1v) is 14.8. The number of halogens is 5. The van der Waals surface area contributed by atoms with E-state index in [0.717, 1.165) is 41.7 Å². The van der Waals surface area contributed by atoms with Crippen LogP contribution in [-0.4, -0.2) is 6.18 Å². The van der Waals surface area contributed by atoms with Crippen molar-refractivity contribution in [2.45, 2.75) is 103 Å². The maximum atomic E-state index is 14.3. The second-order valence-corrected chi connectivity index (χ2v) is 12.0. The van der Waals surface area contributed by atoms with Crippen molar-refractivity contribution in [1.29, 1.82) is 0 Å². The van der Waals surface area contributed by atoms with Crippen LogP contribution in [-0.2, 0) is 0 Å². The molecule has 0 nitrogen and oxygen atoms in total. The summed E-state index contributed by atoms with van der Waals surface area (Å²) >= 11 is 0. The Morgan fingerprint density at radius 2 is 1.33 bits per heavy atom. The van der Waals surface area contributed by atoms with Crippen LogP contribution in [0.1, 0.15) is 108 Å². The minimum absolute atomic E-state index is 0.284. The molecule has 2 fully saturated rings. The lowest BCUT2D eigenvalue weighted by Crippen LogP contribution is -2.21. The van der Waals surface area contributed by atoms with Gasteiger partial charge in [0.2, 0.25) is 0 Å². The summed E-state index contributed by atoms with van der Waals surface area (Å²) in [5.74, 6) is 4.37. The van der Waals surface area contributed by atoms with Crippen LogP contribution in [0.25, 0.3) is 11.1 Å². The average molecular weight is 545 g/mol. The highest BCUT2D eigenvalue weighted by Crippen LogP contribution is 2.41. The Labute approximate surface area is 230 Å². The summed E-state index contributed by atoms with van der Waals surface area (Å²) in [5, 5.41) is 0. The first-order valence-electron chi connectivity index (χ1n) is 14.8. The summed E-state index contributed by atoms with van der Waals surface area (Å²) in [7, 11) is 0. The molecule has 2 aromatic rings. The van der Waals surface area contributed by atoms with Crippen molar-refractivity contribution in [3.63, 3.8) is 0 Å². The van der Waals surface area contributed by atoms with Gasteiger partial charge in [-0.25, -0.2) is 8.78 Å². The van der Waals surface area contributed by atoms with Crippen molar-refractivity contribution >= 4 is 0 Å². The van der Waals surface area contributed by atoms with Crippen molar-refractivity contribution in [2.24, 2.45) is 23.7 Å². The summed E-state index contributed by atoms with van der Waals surface area (Å²) in [6.07, 6.45) is 11.1. The summed E-state index contributed by atoms with van der Waals surface area (Å²) in [5.41, 5.74) is 1.29. The zero-order chi connectivity index (χ0) is 28.0. The van der Waals surface area contributed by atoms with Gasteiger partial charge >= 0.3 is 6.18 Å². The van der Waals surface area contributed by atoms with Crippen molar-refractivity contribution in [2.75, 3.05) is 0 Å². The van der Waals surface area contributed by atoms with Crippen LogP contribution in [0.3, 0.4) is 0 Å². The summed E-state index contributed by atoms with van der Waals surface area (Å²) < 4.78 is 65.6. The molecule has 212 valence electrons. The minimum Gasteiger partial charge on any atom is -0.205 e. The normalized spacial score (nSPS) is 24.6. The second-order valence-electron chi connectivity index (χ2n) is 12.0. The fourth-order valence-electron chi connectivity index (χ4n) is 6.93. The standard InChI is InChI=1S/C34H41F5/c1-3-4-23(2)26-11-7-24(8-12-26)5-6-25-9-13-27(14-10-25)28-15-17-29(18-16-28)30-21-32(35)31(33(36)22-30)19-20-34(37,38)39/h15-18,21-27H,3-14H2,1-2H3. The fraction of sp³-hybridized carbons (Fsp3) is 0.588. The topological polar surface area (TPSA) is 0 Å². The highest BCUT2D eigenvalue weighted by Gasteiger charge is 2.27. The average Bonchev–Trinajstić information content (AvgIpc) is 2.91. The van der Waals surface area contributed by atoms with Gasteiger partial charge in [0.1, 0.15) is 11.6 Å². The number of hydrogen-bond donors (Lipinski definition) is 0. The molecule has 2 aliphatic rings. The van der Waals surface area contributed by atoms with E-state index in [2.05, 4.69) is 13.8 Å². The minimum atomic E-state index is -4.81. The molecule has 0 heterocycles. The molecular formula is C34H41F5. The van der Waals surface area contributed by atoms with Crippen LogP contribution in [0.15, 0.2) is 36.4 Å². The summed E-state index contributed by atoms with van der Waals surface area (Å²) in [6.45, 7) is 4.74. The van der Waals surface area contributed by atoms with Gasteiger partial charge in [0.15, 0.2) is 0 Å². The van der Waals surface area contributed by atoms with Crippen molar-refractivity contribution in [1.82, 2.24) is 0 Å². The second kappa shape index (κ2) is 13.3. The van der Waals surface area contributed by atoms with E-state index in [1.807, 2.05) is 24.3 Å². The molecule has 2 saturated carbocycles. The molecule has 0 amide bonds. The molecule has 0 radical (unpaired) electrons. The van der Waals surface area contributed by atoms with Crippen LogP contribution in [0, 0.1) is 47.1 Å². The number of alkyl halides is 3. The maximum Gasteiger partial charge on any atom is 0.458 e. The predicted octanol–water partition coefficient (Wildman–Crippen LogP) is 10.8. The third kappa shape index (κ3) is 8.32. The van der Waals surface area contributed by atoms with Crippen LogP contribution >= 0.6 is 0 Å². The molecular weight excluding hydrogens is 503 g/mol. The monoisotopic (exact) mass is 544 g/mol. The van der Waals surface area contributed by atoms with E-state index in [1.54, 1.807) is 5.92 Å². The van der Waals surface area contributed by atoms with Crippen molar-refractivity contribution in [3.05, 3.63) is 59.2 Å². The SMILES string of the molecule is CCCC(C)C1CCC(CCC2CCC(c3ccc(-c4cc(F)c(C#CC(F)(F)F)c(F)c4)cc3)CC2)CC1. The van der Waals surface area contributed by atoms with Gasteiger partial charge < -0.3 is 0 Å².